The third-order valence-electron chi connectivity index (χ3n) is 16.2. The Hall–Kier alpha value is -7.92. The Morgan fingerprint density at radius 3 is 1.57 bits per heavy atom. The summed E-state index contributed by atoms with van der Waals surface area (Å²) in [7, 11) is 2.23. The minimum Gasteiger partial charge on any atom is -0.472 e. The lowest BCUT2D eigenvalue weighted by Gasteiger charge is -2.46. The summed E-state index contributed by atoms with van der Waals surface area (Å²) in [4.78, 5) is 66.0. The number of rotatable bonds is 16. The molecule has 0 unspecified atom stereocenters. The second kappa shape index (κ2) is 31.1. The van der Waals surface area contributed by atoms with Gasteiger partial charge in [0.15, 0.2) is 28.1 Å². The van der Waals surface area contributed by atoms with Crippen LogP contribution < -0.4 is 35.5 Å². The van der Waals surface area contributed by atoms with Gasteiger partial charge in [-0.3, -0.25) is 9.59 Å². The molecule has 23 nitrogen and oxygen atoms in total. The Bertz CT molecular complexity index is 4070. The standard InChI is InChI=1S/C33H40N8O3.C18H19N5O3S.C9H10BrNO2.C5H3BrFN/c1-3-16-40-31(42)27-22-34-32(37-30(27)41(40)28-5-4-6-29(36-28)44-26-11-21-43-23-26)35-24-7-9-25(10-8-24)39-19-14-33(15-20-39)12-17-38(2)18-13-33;1-3-8-22-17(24)13-10-19-18(27-2)21-16(13)23(22)14-5-4-6-15(20-14)26-12-7-9-25-11-12;10-8-2-1-3-9(11-8)13-7-4-5-12-6-7;6-4-2-1-3-5(7)8-4/h3-10,22,26H,1,11-21,23H2,2H3,(H,34,35,37);3-6,10,12H,1,7-9,11H2,2H3;1-3,7H,4-6H2;1-3H/t26-;12-;7-;/m000./s1. The molecule has 3 atom stereocenters. The van der Waals surface area contributed by atoms with E-state index in [1.807, 2.05) is 54.8 Å². The molecule has 0 radical (unpaired) electrons. The van der Waals surface area contributed by atoms with Crippen molar-refractivity contribution in [1.82, 2.24) is 63.5 Å². The van der Waals surface area contributed by atoms with Crippen molar-refractivity contribution in [3.05, 3.63) is 171 Å². The van der Waals surface area contributed by atoms with E-state index in [2.05, 4.69) is 121 Å². The summed E-state index contributed by atoms with van der Waals surface area (Å²) in [6, 6.07) is 29.6. The van der Waals surface area contributed by atoms with Gasteiger partial charge in [0.05, 0.1) is 52.7 Å². The number of fused-ring (bicyclic) bond motifs is 2. The number of hydrogen-bond donors (Lipinski definition) is 1. The third-order valence-corrected chi connectivity index (χ3v) is 17.7. The molecule has 8 aromatic heterocycles. The lowest BCUT2D eigenvalue weighted by molar-refractivity contribution is 0.0945. The highest BCUT2D eigenvalue weighted by Crippen LogP contribution is 2.42. The first-order valence-electron chi connectivity index (χ1n) is 30.5. The van der Waals surface area contributed by atoms with E-state index in [0.29, 0.717) is 112 Å². The maximum atomic E-state index is 13.4. The molecule has 5 aliphatic rings. The number of thioether (sulfide) groups is 1. The van der Waals surface area contributed by atoms with E-state index in [4.69, 9.17) is 38.4 Å². The fraction of sp³-hybridized carbons (Fsp3) is 0.385. The summed E-state index contributed by atoms with van der Waals surface area (Å²) in [5.74, 6) is 2.62. The molecular formula is C65H72Br2FN15O8S. The fourth-order valence-electron chi connectivity index (χ4n) is 11.3. The predicted octanol–water partition coefficient (Wildman–Crippen LogP) is 10.4. The predicted molar refractivity (Wildman–Crippen MR) is 358 cm³/mol. The van der Waals surface area contributed by atoms with Crippen molar-refractivity contribution < 1.29 is 32.8 Å². The summed E-state index contributed by atoms with van der Waals surface area (Å²) in [5.41, 5.74) is 3.21. The lowest BCUT2D eigenvalue weighted by Crippen LogP contribution is -2.46. The number of halogens is 3. The Balaban J connectivity index is 0.000000151. The summed E-state index contributed by atoms with van der Waals surface area (Å²) in [5, 5.41) is 4.75. The molecule has 9 aromatic rings. The molecule has 5 fully saturated rings. The molecule has 1 aromatic carbocycles. The topological polar surface area (TPSA) is 231 Å². The van der Waals surface area contributed by atoms with E-state index in [0.717, 1.165) is 49.2 Å². The summed E-state index contributed by atoms with van der Waals surface area (Å²) in [6.07, 6.45) is 16.3. The van der Waals surface area contributed by atoms with Gasteiger partial charge in [-0.15, -0.1) is 13.2 Å². The van der Waals surface area contributed by atoms with Crippen LogP contribution in [0.3, 0.4) is 0 Å². The number of aromatic nitrogens is 12. The van der Waals surface area contributed by atoms with E-state index >= 15 is 0 Å². The second-order valence-corrected chi connectivity index (χ2v) is 24.9. The van der Waals surface area contributed by atoms with Crippen LogP contribution in [0, 0.1) is 11.4 Å². The van der Waals surface area contributed by atoms with Crippen molar-refractivity contribution in [3.63, 3.8) is 0 Å². The molecule has 0 bridgehead atoms. The van der Waals surface area contributed by atoms with E-state index in [9.17, 15) is 14.0 Å². The number of benzene rings is 1. The molecule has 482 valence electrons. The number of piperidine rings is 2. The number of nitrogens with zero attached hydrogens (tertiary/aromatic N) is 14. The number of anilines is 3. The molecule has 1 spiro atoms. The maximum Gasteiger partial charge on any atom is 0.278 e. The maximum absolute atomic E-state index is 13.4. The molecule has 92 heavy (non-hydrogen) atoms. The van der Waals surface area contributed by atoms with Gasteiger partial charge < -0.3 is 43.5 Å². The normalized spacial score (nSPS) is 18.5. The Morgan fingerprint density at radius 1 is 0.620 bits per heavy atom. The van der Waals surface area contributed by atoms with Crippen LogP contribution in [0.2, 0.25) is 0 Å². The van der Waals surface area contributed by atoms with Crippen LogP contribution in [0.4, 0.5) is 21.7 Å². The average Bonchev–Trinajstić information content (AvgIpc) is 1.63. The van der Waals surface area contributed by atoms with Gasteiger partial charge in [-0.2, -0.15) is 19.3 Å². The van der Waals surface area contributed by atoms with Gasteiger partial charge in [0.25, 0.3) is 11.1 Å². The third kappa shape index (κ3) is 16.5. The first kappa shape index (κ1) is 65.6. The number of hydrogen-bond acceptors (Lipinski definition) is 20. The van der Waals surface area contributed by atoms with Crippen LogP contribution in [0.25, 0.3) is 33.7 Å². The Morgan fingerprint density at radius 2 is 1.10 bits per heavy atom. The number of nitrogens with one attached hydrogen (secondary N) is 1. The van der Waals surface area contributed by atoms with Gasteiger partial charge in [0.2, 0.25) is 29.5 Å². The van der Waals surface area contributed by atoms with E-state index in [1.54, 1.807) is 61.5 Å². The van der Waals surface area contributed by atoms with Crippen LogP contribution >= 0.6 is 43.6 Å². The fourth-order valence-corrected chi connectivity index (χ4v) is 12.3. The molecule has 5 saturated heterocycles. The van der Waals surface area contributed by atoms with Crippen molar-refractivity contribution in [2.24, 2.45) is 5.41 Å². The van der Waals surface area contributed by atoms with Crippen LogP contribution in [0.15, 0.2) is 159 Å². The molecule has 1 N–H and O–H groups in total. The monoisotopic (exact) mass is 1400 g/mol. The lowest BCUT2D eigenvalue weighted by atomic mass is 9.71. The van der Waals surface area contributed by atoms with Crippen molar-refractivity contribution >= 4 is 83.0 Å². The summed E-state index contributed by atoms with van der Waals surface area (Å²) >= 11 is 7.71. The SMILES string of the molecule is Brc1cccc(O[C@H]2CCOC2)n1.C=CCn1c(=O)c2cnc(Nc3ccc(N4CCC5(CCN(C)CC5)CC4)cc3)nc2n1-c1cccc(O[C@H]2CCOC2)n1.C=CCn1c(=O)c2cnc(SC)nc2n1-c1cccc(O[C@H]2CCOC2)n1.Fc1cccc(Br)n1. The highest BCUT2D eigenvalue weighted by Gasteiger charge is 2.37. The van der Waals surface area contributed by atoms with Gasteiger partial charge in [-0.05, 0) is 144 Å². The molecule has 27 heteroatoms. The van der Waals surface area contributed by atoms with Gasteiger partial charge in [-0.1, -0.05) is 48.2 Å². The Kier molecular flexibility index (Phi) is 22.2. The smallest absolute Gasteiger partial charge is 0.278 e. The molecule has 14 rings (SSSR count). The van der Waals surface area contributed by atoms with Crippen molar-refractivity contribution in [3.8, 4) is 29.3 Å². The van der Waals surface area contributed by atoms with E-state index in [1.165, 1.54) is 62.3 Å². The molecule has 13 heterocycles. The van der Waals surface area contributed by atoms with E-state index in [-0.39, 0.29) is 36.0 Å². The Labute approximate surface area is 552 Å². The minimum absolute atomic E-state index is 0.00468. The number of allylic oxidation sites excluding steroid dienone is 2. The number of ether oxygens (including phenoxy) is 6. The first-order chi connectivity index (χ1) is 44.8. The van der Waals surface area contributed by atoms with Crippen LogP contribution in [0.1, 0.15) is 44.9 Å². The minimum atomic E-state index is -0.459. The molecule has 0 aliphatic carbocycles. The zero-order valence-corrected chi connectivity index (χ0v) is 55.2. The highest BCUT2D eigenvalue weighted by molar-refractivity contribution is 9.10. The van der Waals surface area contributed by atoms with Gasteiger partial charge >= 0.3 is 0 Å². The van der Waals surface area contributed by atoms with Crippen molar-refractivity contribution in [1.29, 1.82) is 0 Å². The summed E-state index contributed by atoms with van der Waals surface area (Å²) in [6.45, 7) is 16.8. The van der Waals surface area contributed by atoms with Crippen molar-refractivity contribution in [2.75, 3.05) is 89.3 Å². The summed E-state index contributed by atoms with van der Waals surface area (Å²) < 4.78 is 53.4. The number of likely N-dealkylation sites (tertiary alicyclic amines) is 1. The zero-order valence-electron chi connectivity index (χ0n) is 51.2. The van der Waals surface area contributed by atoms with Crippen LogP contribution in [-0.4, -0.2) is 161 Å². The quantitative estimate of drug-likeness (QED) is 0.0410. The molecule has 0 saturated carbocycles. The highest BCUT2D eigenvalue weighted by atomic mass is 79.9. The largest absolute Gasteiger partial charge is 0.472 e. The van der Waals surface area contributed by atoms with Gasteiger partial charge in [0.1, 0.15) is 38.3 Å². The molecular weight excluding hydrogens is 1330 g/mol. The van der Waals surface area contributed by atoms with Crippen LogP contribution in [-0.2, 0) is 27.3 Å². The van der Waals surface area contributed by atoms with Gasteiger partial charge in [-0.25, -0.2) is 43.6 Å². The molecule has 5 aliphatic heterocycles. The average molecular weight is 1400 g/mol. The van der Waals surface area contributed by atoms with E-state index < -0.39 is 5.95 Å². The first-order valence-corrected chi connectivity index (χ1v) is 33.3. The second-order valence-electron chi connectivity index (χ2n) is 22.5. The molecule has 0 amide bonds. The zero-order chi connectivity index (χ0) is 64.0. The van der Waals surface area contributed by atoms with Gasteiger partial charge in [0, 0.05) is 74.3 Å². The van der Waals surface area contributed by atoms with Crippen LogP contribution in [0.5, 0.6) is 17.6 Å². The van der Waals surface area contributed by atoms with Crippen molar-refractivity contribution in [2.45, 2.75) is 81.5 Å². The number of pyridine rings is 4.